The van der Waals surface area contributed by atoms with Crippen LogP contribution in [0, 0.1) is 5.92 Å². The molecule has 176 valence electrons. The summed E-state index contributed by atoms with van der Waals surface area (Å²) in [7, 11) is 0. The van der Waals surface area contributed by atoms with Gasteiger partial charge in [-0.2, -0.15) is 5.10 Å². The summed E-state index contributed by atoms with van der Waals surface area (Å²) in [6, 6.07) is 9.05. The Balaban J connectivity index is 2.02. The van der Waals surface area contributed by atoms with Crippen LogP contribution in [0.25, 0.3) is 5.69 Å². The zero-order valence-electron chi connectivity index (χ0n) is 19.9. The number of aromatic nitrogens is 2. The van der Waals surface area contributed by atoms with Gasteiger partial charge >= 0.3 is 5.97 Å². The van der Waals surface area contributed by atoms with Crippen LogP contribution < -0.4 is 5.32 Å². The number of nitrogens with one attached hydrogen (secondary N) is 1. The second-order valence-electron chi connectivity index (χ2n) is 8.21. The maximum absolute atomic E-state index is 12.4. The molecule has 0 aliphatic rings. The van der Waals surface area contributed by atoms with Crippen LogP contribution in [0.5, 0.6) is 0 Å². The fourth-order valence-electron chi connectivity index (χ4n) is 3.14. The minimum Gasteiger partial charge on any atom is -0.461 e. The molecular weight excluding hydrogens is 406 g/mol. The van der Waals surface area contributed by atoms with E-state index in [2.05, 4.69) is 31.2 Å². The third kappa shape index (κ3) is 8.11. The summed E-state index contributed by atoms with van der Waals surface area (Å²) < 4.78 is 12.4. The van der Waals surface area contributed by atoms with E-state index in [1.165, 1.54) is 0 Å². The van der Waals surface area contributed by atoms with Crippen LogP contribution in [-0.4, -0.2) is 48.0 Å². The first-order valence-electron chi connectivity index (χ1n) is 11.7. The van der Waals surface area contributed by atoms with Crippen LogP contribution >= 0.6 is 0 Å². The number of benzene rings is 1. The molecule has 2 rings (SSSR count). The van der Waals surface area contributed by atoms with Gasteiger partial charge in [0, 0.05) is 31.0 Å². The molecule has 0 saturated heterocycles. The second kappa shape index (κ2) is 13.7. The largest absolute Gasteiger partial charge is 0.461 e. The average Bonchev–Trinajstić information content (AvgIpc) is 3.21. The highest BCUT2D eigenvalue weighted by atomic mass is 16.5. The van der Waals surface area contributed by atoms with E-state index >= 15 is 0 Å². The van der Waals surface area contributed by atoms with E-state index in [0.717, 1.165) is 50.1 Å². The lowest BCUT2D eigenvalue weighted by molar-refractivity contribution is 0.0518. The maximum Gasteiger partial charge on any atom is 0.358 e. The molecule has 0 spiro atoms. The molecule has 0 radical (unpaired) electrons. The van der Waals surface area contributed by atoms with Gasteiger partial charge in [0.25, 0.3) is 5.91 Å². The molecule has 32 heavy (non-hydrogen) atoms. The normalized spacial score (nSPS) is 11.0. The van der Waals surface area contributed by atoms with E-state index in [1.54, 1.807) is 29.8 Å². The van der Waals surface area contributed by atoms with Crippen molar-refractivity contribution >= 4 is 11.9 Å². The monoisotopic (exact) mass is 443 g/mol. The van der Waals surface area contributed by atoms with Gasteiger partial charge in [-0.3, -0.25) is 4.79 Å². The van der Waals surface area contributed by atoms with Gasteiger partial charge in [0.1, 0.15) is 0 Å². The van der Waals surface area contributed by atoms with Gasteiger partial charge < -0.3 is 14.8 Å². The Morgan fingerprint density at radius 2 is 1.81 bits per heavy atom. The standard InChI is InChI=1S/C25H37N3O4/c1-5-7-16-31-17-8-15-26-24(29)20-10-13-21(14-11-20)28-22(12-9-19(3)4)18-23(27-28)25(30)32-6-2/h10-11,13-14,18-19H,5-9,12,15-17H2,1-4H3,(H,26,29). The second-order valence-corrected chi connectivity index (χ2v) is 8.21. The zero-order valence-corrected chi connectivity index (χ0v) is 19.9. The van der Waals surface area contributed by atoms with Crippen molar-refractivity contribution in [1.29, 1.82) is 0 Å². The lowest BCUT2D eigenvalue weighted by Crippen LogP contribution is -2.25. The Bertz CT molecular complexity index is 843. The molecule has 1 amide bonds. The van der Waals surface area contributed by atoms with E-state index in [1.807, 2.05) is 12.1 Å². The lowest BCUT2D eigenvalue weighted by atomic mass is 10.1. The number of aryl methyl sites for hydroxylation is 1. The van der Waals surface area contributed by atoms with Crippen LogP contribution in [0.3, 0.4) is 0 Å². The highest BCUT2D eigenvalue weighted by Gasteiger charge is 2.17. The number of nitrogens with zero attached hydrogens (tertiary/aromatic N) is 2. The van der Waals surface area contributed by atoms with Gasteiger partial charge in [0.2, 0.25) is 0 Å². The maximum atomic E-state index is 12.4. The molecule has 0 bridgehead atoms. The number of hydrogen-bond acceptors (Lipinski definition) is 5. The highest BCUT2D eigenvalue weighted by molar-refractivity contribution is 5.94. The molecule has 0 aliphatic carbocycles. The molecule has 7 heteroatoms. The van der Waals surface area contributed by atoms with Gasteiger partial charge in [-0.25, -0.2) is 9.48 Å². The molecule has 2 aromatic rings. The molecule has 1 aromatic heterocycles. The van der Waals surface area contributed by atoms with Gasteiger partial charge in [-0.1, -0.05) is 27.2 Å². The quantitative estimate of drug-likeness (QED) is 0.341. The fraction of sp³-hybridized carbons (Fsp3) is 0.560. The molecule has 1 heterocycles. The van der Waals surface area contributed by atoms with E-state index in [4.69, 9.17) is 9.47 Å². The van der Waals surface area contributed by atoms with Crippen molar-refractivity contribution in [2.75, 3.05) is 26.4 Å². The number of esters is 1. The summed E-state index contributed by atoms with van der Waals surface area (Å²) in [5, 5.41) is 7.39. The van der Waals surface area contributed by atoms with Crippen LogP contribution in [-0.2, 0) is 15.9 Å². The summed E-state index contributed by atoms with van der Waals surface area (Å²) >= 11 is 0. The summed E-state index contributed by atoms with van der Waals surface area (Å²) in [6.45, 7) is 10.5. The van der Waals surface area contributed by atoms with Crippen LogP contribution in [0.4, 0.5) is 0 Å². The van der Waals surface area contributed by atoms with Crippen LogP contribution in [0.15, 0.2) is 30.3 Å². The third-order valence-corrected chi connectivity index (χ3v) is 5.01. The SMILES string of the molecule is CCCCOCCCNC(=O)c1ccc(-n2nc(C(=O)OCC)cc2CCC(C)C)cc1. The fourth-order valence-corrected chi connectivity index (χ4v) is 3.14. The van der Waals surface area contributed by atoms with E-state index in [-0.39, 0.29) is 5.91 Å². The minimum absolute atomic E-state index is 0.113. The van der Waals surface area contributed by atoms with Gasteiger partial charge in [-0.15, -0.1) is 0 Å². The number of carbonyl (C=O) groups is 2. The van der Waals surface area contributed by atoms with Crippen molar-refractivity contribution in [3.8, 4) is 5.69 Å². The van der Waals surface area contributed by atoms with E-state index in [0.29, 0.717) is 36.9 Å². The topological polar surface area (TPSA) is 82.5 Å². The molecule has 0 saturated carbocycles. The Hall–Kier alpha value is -2.67. The molecule has 0 aliphatic heterocycles. The number of amides is 1. The number of hydrogen-bond donors (Lipinski definition) is 1. The van der Waals surface area contributed by atoms with Crippen molar-refractivity contribution in [3.05, 3.63) is 47.3 Å². The Morgan fingerprint density at radius 1 is 1.09 bits per heavy atom. The molecule has 1 N–H and O–H groups in total. The van der Waals surface area contributed by atoms with Gasteiger partial charge in [-0.05, 0) is 68.9 Å². The van der Waals surface area contributed by atoms with E-state index < -0.39 is 5.97 Å². The van der Waals surface area contributed by atoms with Crippen LogP contribution in [0.1, 0.15) is 79.9 Å². The van der Waals surface area contributed by atoms with Crippen molar-refractivity contribution in [3.63, 3.8) is 0 Å². The van der Waals surface area contributed by atoms with Gasteiger partial charge in [0.15, 0.2) is 5.69 Å². The summed E-state index contributed by atoms with van der Waals surface area (Å²) in [4.78, 5) is 24.6. The predicted octanol–water partition coefficient (Wildman–Crippen LogP) is 4.57. The van der Waals surface area contributed by atoms with Crippen molar-refractivity contribution < 1.29 is 19.1 Å². The van der Waals surface area contributed by atoms with Crippen molar-refractivity contribution in [2.45, 2.75) is 59.8 Å². The molecular formula is C25H37N3O4. The number of rotatable bonds is 14. The predicted molar refractivity (Wildman–Crippen MR) is 125 cm³/mol. The summed E-state index contributed by atoms with van der Waals surface area (Å²) in [5.74, 6) is -0.00274. The summed E-state index contributed by atoms with van der Waals surface area (Å²) in [5.41, 5.74) is 2.64. The van der Waals surface area contributed by atoms with E-state index in [9.17, 15) is 9.59 Å². The third-order valence-electron chi connectivity index (χ3n) is 5.01. The summed E-state index contributed by atoms with van der Waals surface area (Å²) in [6.07, 6.45) is 4.75. The number of carbonyl (C=O) groups excluding carboxylic acids is 2. The van der Waals surface area contributed by atoms with Crippen molar-refractivity contribution in [2.24, 2.45) is 5.92 Å². The molecule has 0 atom stereocenters. The highest BCUT2D eigenvalue weighted by Crippen LogP contribution is 2.18. The average molecular weight is 444 g/mol. The molecule has 0 fully saturated rings. The van der Waals surface area contributed by atoms with Crippen molar-refractivity contribution in [1.82, 2.24) is 15.1 Å². The minimum atomic E-state index is -0.424. The van der Waals surface area contributed by atoms with Crippen LogP contribution in [0.2, 0.25) is 0 Å². The smallest absolute Gasteiger partial charge is 0.358 e. The first kappa shape index (κ1) is 25.6. The molecule has 7 nitrogen and oxygen atoms in total. The number of ether oxygens (including phenoxy) is 2. The first-order chi connectivity index (χ1) is 15.5. The zero-order chi connectivity index (χ0) is 23.3. The first-order valence-corrected chi connectivity index (χ1v) is 11.7. The van der Waals surface area contributed by atoms with Gasteiger partial charge in [0.05, 0.1) is 12.3 Å². The molecule has 0 unspecified atom stereocenters. The number of unbranched alkanes of at least 4 members (excludes halogenated alkanes) is 1. The lowest BCUT2D eigenvalue weighted by Gasteiger charge is -2.10. The Morgan fingerprint density at radius 3 is 2.47 bits per heavy atom. The Labute approximate surface area is 191 Å². The Kier molecular flexibility index (Phi) is 10.9. The molecule has 1 aromatic carbocycles.